The second kappa shape index (κ2) is 5.81. The van der Waals surface area contributed by atoms with Gasteiger partial charge in [0.25, 0.3) is 0 Å². The van der Waals surface area contributed by atoms with Gasteiger partial charge in [-0.05, 0) is 23.8 Å². The van der Waals surface area contributed by atoms with E-state index in [0.29, 0.717) is 16.7 Å². The largest absolute Gasteiger partial charge is 0.437 e. The number of hydrogen-bond donors (Lipinski definition) is 1. The maximum atomic E-state index is 9.36. The van der Waals surface area contributed by atoms with Crippen LogP contribution in [0.3, 0.4) is 0 Å². The average molecular weight is 292 g/mol. The van der Waals surface area contributed by atoms with Crippen molar-refractivity contribution in [2.45, 2.75) is 32.8 Å². The molecule has 106 valence electrons. The second-order valence-corrected chi connectivity index (χ2v) is 6.05. The predicted octanol–water partition coefficient (Wildman–Crippen LogP) is 4.32. The van der Waals surface area contributed by atoms with Crippen LogP contribution >= 0.6 is 11.6 Å². The van der Waals surface area contributed by atoms with E-state index < -0.39 is 0 Å². The zero-order chi connectivity index (χ0) is 14.8. The molecular weight excluding hydrogens is 274 g/mol. The molecule has 2 rings (SSSR count). The number of rotatable bonds is 3. The van der Waals surface area contributed by atoms with E-state index in [2.05, 4.69) is 25.8 Å². The summed E-state index contributed by atoms with van der Waals surface area (Å²) in [6, 6.07) is 10.8. The molecule has 1 aromatic carbocycles. The molecule has 0 aliphatic rings. The summed E-state index contributed by atoms with van der Waals surface area (Å²) in [7, 11) is 0. The predicted molar refractivity (Wildman–Crippen MR) is 80.4 cm³/mol. The quantitative estimate of drug-likeness (QED) is 0.916. The number of pyridine rings is 1. The normalized spacial score (nSPS) is 11.4. The molecule has 0 spiro atoms. The highest BCUT2D eigenvalue weighted by atomic mass is 35.5. The zero-order valence-corrected chi connectivity index (χ0v) is 12.6. The van der Waals surface area contributed by atoms with Crippen LogP contribution in [0.5, 0.6) is 11.6 Å². The third-order valence-corrected chi connectivity index (χ3v) is 3.18. The average Bonchev–Trinajstić information content (AvgIpc) is 2.40. The van der Waals surface area contributed by atoms with Crippen molar-refractivity contribution in [2.24, 2.45) is 0 Å². The Balaban J connectivity index is 2.39. The first kappa shape index (κ1) is 14.8. The highest BCUT2D eigenvalue weighted by molar-refractivity contribution is 6.32. The van der Waals surface area contributed by atoms with Crippen molar-refractivity contribution in [3.05, 3.63) is 52.7 Å². The first-order chi connectivity index (χ1) is 9.40. The van der Waals surface area contributed by atoms with Crippen LogP contribution in [0.2, 0.25) is 5.02 Å². The number of benzene rings is 1. The maximum Gasteiger partial charge on any atom is 0.219 e. The minimum Gasteiger partial charge on any atom is -0.437 e. The van der Waals surface area contributed by atoms with Gasteiger partial charge in [0.1, 0.15) is 5.75 Å². The summed E-state index contributed by atoms with van der Waals surface area (Å²) >= 11 is 6.08. The minimum atomic E-state index is -0.121. The van der Waals surface area contributed by atoms with Crippen molar-refractivity contribution in [2.75, 3.05) is 0 Å². The highest BCUT2D eigenvalue weighted by Crippen LogP contribution is 2.30. The molecule has 0 bridgehead atoms. The fourth-order valence-corrected chi connectivity index (χ4v) is 1.90. The van der Waals surface area contributed by atoms with Crippen LogP contribution in [-0.2, 0) is 12.0 Å². The van der Waals surface area contributed by atoms with Gasteiger partial charge in [-0.1, -0.05) is 44.5 Å². The van der Waals surface area contributed by atoms with Crippen LogP contribution in [0.15, 0.2) is 36.4 Å². The van der Waals surface area contributed by atoms with Crippen molar-refractivity contribution in [1.82, 2.24) is 4.98 Å². The van der Waals surface area contributed by atoms with Crippen molar-refractivity contribution in [3.8, 4) is 11.6 Å². The number of para-hydroxylation sites is 1. The molecule has 0 radical (unpaired) electrons. The Morgan fingerprint density at radius 3 is 2.50 bits per heavy atom. The number of aliphatic hydroxyl groups excluding tert-OH is 1. The van der Waals surface area contributed by atoms with E-state index in [1.807, 2.05) is 18.2 Å². The van der Waals surface area contributed by atoms with E-state index in [-0.39, 0.29) is 12.0 Å². The van der Waals surface area contributed by atoms with Crippen LogP contribution in [-0.4, -0.2) is 10.1 Å². The minimum absolute atomic E-state index is 0.0511. The number of nitrogens with zero attached hydrogens (tertiary/aromatic N) is 1. The van der Waals surface area contributed by atoms with Gasteiger partial charge in [-0.25, -0.2) is 4.98 Å². The van der Waals surface area contributed by atoms with Gasteiger partial charge in [0.05, 0.1) is 17.3 Å². The van der Waals surface area contributed by atoms with E-state index >= 15 is 0 Å². The Bertz CT molecular complexity index is 606. The number of hydrogen-bond acceptors (Lipinski definition) is 3. The Labute approximate surface area is 124 Å². The van der Waals surface area contributed by atoms with Crippen molar-refractivity contribution in [1.29, 1.82) is 0 Å². The maximum absolute atomic E-state index is 9.36. The third-order valence-electron chi connectivity index (χ3n) is 2.86. The summed E-state index contributed by atoms with van der Waals surface area (Å²) in [6.07, 6.45) is 0. The van der Waals surface area contributed by atoms with Gasteiger partial charge in [-0.3, -0.25) is 0 Å². The lowest BCUT2D eigenvalue weighted by molar-refractivity contribution is 0.280. The number of halogens is 1. The summed E-state index contributed by atoms with van der Waals surface area (Å²) in [4.78, 5) is 4.50. The second-order valence-electron chi connectivity index (χ2n) is 5.64. The Morgan fingerprint density at radius 1 is 1.20 bits per heavy atom. The van der Waals surface area contributed by atoms with E-state index in [9.17, 15) is 5.11 Å². The van der Waals surface area contributed by atoms with Crippen molar-refractivity contribution in [3.63, 3.8) is 0 Å². The lowest BCUT2D eigenvalue weighted by Crippen LogP contribution is -2.14. The van der Waals surface area contributed by atoms with Gasteiger partial charge < -0.3 is 9.84 Å². The van der Waals surface area contributed by atoms with Crippen LogP contribution in [0.1, 0.15) is 32.0 Å². The summed E-state index contributed by atoms with van der Waals surface area (Å²) in [5.41, 5.74) is 1.52. The third kappa shape index (κ3) is 3.50. The van der Waals surface area contributed by atoms with E-state index in [1.54, 1.807) is 18.2 Å². The van der Waals surface area contributed by atoms with E-state index in [4.69, 9.17) is 16.3 Å². The molecule has 0 aliphatic carbocycles. The summed E-state index contributed by atoms with van der Waals surface area (Å²) in [5, 5.41) is 9.89. The fraction of sp³-hybridized carbons (Fsp3) is 0.312. The van der Waals surface area contributed by atoms with Crippen LogP contribution in [0.25, 0.3) is 0 Å². The van der Waals surface area contributed by atoms with Crippen LogP contribution in [0.4, 0.5) is 0 Å². The molecule has 4 heteroatoms. The van der Waals surface area contributed by atoms with Gasteiger partial charge in [0.15, 0.2) is 0 Å². The number of ether oxygens (including phenoxy) is 1. The molecule has 20 heavy (non-hydrogen) atoms. The summed E-state index contributed by atoms with van der Waals surface area (Å²) < 4.78 is 5.73. The van der Waals surface area contributed by atoms with Gasteiger partial charge in [-0.2, -0.15) is 0 Å². The fourth-order valence-electron chi connectivity index (χ4n) is 1.73. The molecule has 0 saturated carbocycles. The molecule has 0 amide bonds. The highest BCUT2D eigenvalue weighted by Gasteiger charge is 2.18. The molecule has 1 heterocycles. The molecule has 0 unspecified atom stereocenters. The molecular formula is C16H18ClNO2. The molecule has 0 aliphatic heterocycles. The molecule has 1 aromatic heterocycles. The number of aliphatic hydroxyl groups is 1. The Kier molecular flexibility index (Phi) is 4.31. The monoisotopic (exact) mass is 291 g/mol. The van der Waals surface area contributed by atoms with Gasteiger partial charge in [-0.15, -0.1) is 0 Å². The molecule has 0 saturated heterocycles. The van der Waals surface area contributed by atoms with Gasteiger partial charge in [0.2, 0.25) is 5.88 Å². The molecule has 3 nitrogen and oxygen atoms in total. The number of aromatic nitrogens is 1. The smallest absolute Gasteiger partial charge is 0.219 e. The van der Waals surface area contributed by atoms with Crippen LogP contribution in [0, 0.1) is 0 Å². The first-order valence-corrected chi connectivity index (χ1v) is 6.82. The van der Waals surface area contributed by atoms with Crippen LogP contribution < -0.4 is 4.74 Å². The molecule has 1 N–H and O–H groups in total. The van der Waals surface area contributed by atoms with E-state index in [0.717, 1.165) is 11.3 Å². The lowest BCUT2D eigenvalue weighted by atomic mass is 9.91. The molecule has 0 fully saturated rings. The summed E-state index contributed by atoms with van der Waals surface area (Å²) in [5.74, 6) is 0.992. The SMILES string of the molecule is CC(C)(C)c1cc(CO)cc(Oc2ccccc2Cl)n1. The lowest BCUT2D eigenvalue weighted by Gasteiger charge is -2.19. The zero-order valence-electron chi connectivity index (χ0n) is 11.9. The Morgan fingerprint density at radius 2 is 1.90 bits per heavy atom. The molecule has 0 atom stereocenters. The van der Waals surface area contributed by atoms with Crippen molar-refractivity contribution < 1.29 is 9.84 Å². The standard InChI is InChI=1S/C16H18ClNO2/c1-16(2,3)14-8-11(10-19)9-15(18-14)20-13-7-5-4-6-12(13)17/h4-9,19H,10H2,1-3H3. The van der Waals surface area contributed by atoms with Crippen molar-refractivity contribution >= 4 is 11.6 Å². The van der Waals surface area contributed by atoms with Gasteiger partial charge >= 0.3 is 0 Å². The topological polar surface area (TPSA) is 42.4 Å². The van der Waals surface area contributed by atoms with Gasteiger partial charge in [0, 0.05) is 11.5 Å². The van der Waals surface area contributed by atoms with E-state index in [1.165, 1.54) is 0 Å². The molecule has 2 aromatic rings. The Hall–Kier alpha value is -1.58. The first-order valence-electron chi connectivity index (χ1n) is 6.45. The summed E-state index contributed by atoms with van der Waals surface area (Å²) in [6.45, 7) is 6.14.